The van der Waals surface area contributed by atoms with Gasteiger partial charge >= 0.3 is 0 Å². The van der Waals surface area contributed by atoms with Crippen LogP contribution in [0.2, 0.25) is 5.02 Å². The minimum absolute atomic E-state index is 0. The van der Waals surface area contributed by atoms with E-state index in [1.165, 1.54) is 18.6 Å². The van der Waals surface area contributed by atoms with Crippen LogP contribution in [0.15, 0.2) is 35.2 Å². The fourth-order valence-electron chi connectivity index (χ4n) is 2.70. The largest absolute Gasteiger partial charge is 0.309 e. The Bertz CT molecular complexity index is 964. The van der Waals surface area contributed by atoms with E-state index in [9.17, 15) is 18.5 Å². The van der Waals surface area contributed by atoms with Gasteiger partial charge < -0.3 is 5.32 Å². The first-order valence-corrected chi connectivity index (χ1v) is 9.39. The molecule has 0 saturated heterocycles. The molecule has 0 aliphatic carbocycles. The van der Waals surface area contributed by atoms with Crippen LogP contribution in [-0.2, 0) is 29.7 Å². The van der Waals surface area contributed by atoms with Gasteiger partial charge in [0.05, 0.1) is 14.8 Å². The first kappa shape index (κ1) is 20.6. The molecule has 0 radical (unpaired) electrons. The Kier molecular flexibility index (Phi) is 6.25. The lowest BCUT2D eigenvalue weighted by Gasteiger charge is -2.10. The summed E-state index contributed by atoms with van der Waals surface area (Å²) in [5.41, 5.74) is 3.07. The zero-order valence-electron chi connectivity index (χ0n) is 13.8. The van der Waals surface area contributed by atoms with E-state index in [1.54, 1.807) is 0 Å². The summed E-state index contributed by atoms with van der Waals surface area (Å²) in [6, 6.07) is 8.02. The second-order valence-electron chi connectivity index (χ2n) is 5.84. The molecule has 2 aromatic rings. The van der Waals surface area contributed by atoms with Gasteiger partial charge in [0.2, 0.25) is 10.0 Å². The standard InChI is InChI=1S/C16H16ClN3O4S.ClH/c1-10-15(17)5-14(6-16(10)20(21)22)25(23,24)19-7-11-2-3-12-8-18-9-13(12)4-11;/h2-6,18-19H,7-9H2,1H3;1H. The number of hydrogen-bond acceptors (Lipinski definition) is 5. The minimum atomic E-state index is -3.92. The van der Waals surface area contributed by atoms with E-state index < -0.39 is 14.9 Å². The first-order valence-electron chi connectivity index (χ1n) is 7.53. The molecule has 0 saturated carbocycles. The van der Waals surface area contributed by atoms with Crippen molar-refractivity contribution in [2.45, 2.75) is 31.5 Å². The molecule has 0 fully saturated rings. The third kappa shape index (κ3) is 4.16. The maximum atomic E-state index is 12.5. The number of fused-ring (bicyclic) bond motifs is 1. The van der Waals surface area contributed by atoms with Crippen LogP contribution in [0.3, 0.4) is 0 Å². The molecule has 2 N–H and O–H groups in total. The molecule has 0 amide bonds. The fourth-order valence-corrected chi connectivity index (χ4v) is 4.05. The van der Waals surface area contributed by atoms with E-state index in [4.69, 9.17) is 11.6 Å². The van der Waals surface area contributed by atoms with Gasteiger partial charge in [0.25, 0.3) is 5.69 Å². The molecule has 0 aromatic heterocycles. The van der Waals surface area contributed by atoms with Crippen molar-refractivity contribution in [1.29, 1.82) is 0 Å². The van der Waals surface area contributed by atoms with Crippen molar-refractivity contribution in [3.63, 3.8) is 0 Å². The van der Waals surface area contributed by atoms with E-state index in [2.05, 4.69) is 10.0 Å². The molecule has 0 atom stereocenters. The molecule has 1 aliphatic heterocycles. The number of halogens is 2. The van der Waals surface area contributed by atoms with Crippen molar-refractivity contribution < 1.29 is 13.3 Å². The van der Waals surface area contributed by atoms with Gasteiger partial charge in [0, 0.05) is 31.3 Å². The number of nitro benzene ring substituents is 1. The normalized spacial score (nSPS) is 13.2. The summed E-state index contributed by atoms with van der Waals surface area (Å²) in [4.78, 5) is 10.2. The molecule has 0 unspecified atom stereocenters. The highest BCUT2D eigenvalue weighted by molar-refractivity contribution is 7.89. The van der Waals surface area contributed by atoms with Crippen LogP contribution in [0, 0.1) is 17.0 Å². The lowest BCUT2D eigenvalue weighted by Crippen LogP contribution is -2.23. The molecule has 1 heterocycles. The molecular weight excluding hydrogens is 401 g/mol. The number of nitrogens with one attached hydrogen (secondary N) is 2. The van der Waals surface area contributed by atoms with Gasteiger partial charge in [-0.1, -0.05) is 29.8 Å². The Morgan fingerprint density at radius 3 is 2.62 bits per heavy atom. The van der Waals surface area contributed by atoms with Crippen LogP contribution in [0.25, 0.3) is 0 Å². The summed E-state index contributed by atoms with van der Waals surface area (Å²) in [5, 5.41) is 14.3. The Labute approximate surface area is 162 Å². The average molecular weight is 418 g/mol. The summed E-state index contributed by atoms with van der Waals surface area (Å²) < 4.78 is 27.4. The van der Waals surface area contributed by atoms with Gasteiger partial charge in [-0.3, -0.25) is 10.1 Å². The van der Waals surface area contributed by atoms with Crippen molar-refractivity contribution in [2.24, 2.45) is 0 Å². The molecule has 3 rings (SSSR count). The highest BCUT2D eigenvalue weighted by Gasteiger charge is 2.22. The van der Waals surface area contributed by atoms with Gasteiger partial charge in [-0.2, -0.15) is 0 Å². The van der Waals surface area contributed by atoms with Crippen molar-refractivity contribution in [2.75, 3.05) is 0 Å². The molecule has 2 aromatic carbocycles. The highest BCUT2D eigenvalue weighted by atomic mass is 35.5. The third-order valence-corrected chi connectivity index (χ3v) is 5.94. The van der Waals surface area contributed by atoms with Crippen LogP contribution in [0.1, 0.15) is 22.3 Å². The molecule has 7 nitrogen and oxygen atoms in total. The number of hydrogen-bond donors (Lipinski definition) is 2. The van der Waals surface area contributed by atoms with E-state index in [0.717, 1.165) is 30.3 Å². The van der Waals surface area contributed by atoms with Crippen molar-refractivity contribution >= 4 is 39.7 Å². The SMILES string of the molecule is Cc1c(Cl)cc(S(=O)(=O)NCc2ccc3c(c2)CNC3)cc1[N+](=O)[O-].Cl. The van der Waals surface area contributed by atoms with Gasteiger partial charge in [0.15, 0.2) is 0 Å². The van der Waals surface area contributed by atoms with Crippen LogP contribution in [-0.4, -0.2) is 13.3 Å². The summed E-state index contributed by atoms with van der Waals surface area (Å²) in [6.45, 7) is 3.14. The summed E-state index contributed by atoms with van der Waals surface area (Å²) in [5.74, 6) is 0. The monoisotopic (exact) mass is 417 g/mol. The summed E-state index contributed by atoms with van der Waals surface area (Å²) in [6.07, 6.45) is 0. The number of nitro groups is 1. The van der Waals surface area contributed by atoms with Gasteiger partial charge in [-0.05, 0) is 29.7 Å². The second-order valence-corrected chi connectivity index (χ2v) is 8.01. The second kappa shape index (κ2) is 7.89. The van der Waals surface area contributed by atoms with Crippen molar-refractivity contribution in [1.82, 2.24) is 10.0 Å². The molecule has 10 heteroatoms. The van der Waals surface area contributed by atoms with Gasteiger partial charge in [-0.25, -0.2) is 13.1 Å². The molecule has 26 heavy (non-hydrogen) atoms. The Morgan fingerprint density at radius 2 is 1.92 bits per heavy atom. The average Bonchev–Trinajstić information content (AvgIpc) is 3.02. The Balaban J connectivity index is 0.00000243. The number of benzene rings is 2. The Morgan fingerprint density at radius 1 is 1.23 bits per heavy atom. The van der Waals surface area contributed by atoms with E-state index >= 15 is 0 Å². The number of rotatable bonds is 5. The Hall–Kier alpha value is -1.71. The maximum absolute atomic E-state index is 12.5. The summed E-state index contributed by atoms with van der Waals surface area (Å²) >= 11 is 5.95. The zero-order chi connectivity index (χ0) is 18.2. The van der Waals surface area contributed by atoms with Gasteiger partial charge in [0.1, 0.15) is 0 Å². The van der Waals surface area contributed by atoms with E-state index in [-0.39, 0.29) is 40.1 Å². The van der Waals surface area contributed by atoms with Crippen molar-refractivity contribution in [3.8, 4) is 0 Å². The number of sulfonamides is 1. The van der Waals surface area contributed by atoms with Crippen LogP contribution in [0.4, 0.5) is 5.69 Å². The quantitative estimate of drug-likeness (QED) is 0.574. The molecule has 140 valence electrons. The van der Waals surface area contributed by atoms with E-state index in [1.807, 2.05) is 18.2 Å². The summed E-state index contributed by atoms with van der Waals surface area (Å²) in [7, 11) is -3.92. The topological polar surface area (TPSA) is 101 Å². The predicted molar refractivity (Wildman–Crippen MR) is 101 cm³/mol. The fraction of sp³-hybridized carbons (Fsp3) is 0.250. The number of nitrogens with zero attached hydrogens (tertiary/aromatic N) is 1. The molecule has 0 spiro atoms. The third-order valence-electron chi connectivity index (χ3n) is 4.17. The van der Waals surface area contributed by atoms with E-state index in [0.29, 0.717) is 0 Å². The smallest absolute Gasteiger partial charge is 0.275 e. The van der Waals surface area contributed by atoms with Crippen LogP contribution < -0.4 is 10.0 Å². The van der Waals surface area contributed by atoms with Crippen LogP contribution >= 0.6 is 24.0 Å². The minimum Gasteiger partial charge on any atom is -0.309 e. The molecular formula is C16H17Cl2N3O4S. The lowest BCUT2D eigenvalue weighted by atomic mass is 10.1. The van der Waals surface area contributed by atoms with Crippen molar-refractivity contribution in [3.05, 3.63) is 67.7 Å². The first-order chi connectivity index (χ1) is 11.8. The lowest BCUT2D eigenvalue weighted by molar-refractivity contribution is -0.385. The zero-order valence-corrected chi connectivity index (χ0v) is 16.2. The molecule has 1 aliphatic rings. The van der Waals surface area contributed by atoms with Crippen LogP contribution in [0.5, 0.6) is 0 Å². The highest BCUT2D eigenvalue weighted by Crippen LogP contribution is 2.29. The maximum Gasteiger partial charge on any atom is 0.275 e. The predicted octanol–water partition coefficient (Wildman–Crippen LogP) is 3.06. The van der Waals surface area contributed by atoms with Gasteiger partial charge in [-0.15, -0.1) is 12.4 Å². The molecule has 0 bridgehead atoms.